The molecule has 3 aromatic carbocycles. The van der Waals surface area contributed by atoms with Crippen LogP contribution in [0.2, 0.25) is 0 Å². The van der Waals surface area contributed by atoms with Crippen LogP contribution in [0.3, 0.4) is 0 Å². The number of nitrogens with one attached hydrogen (secondary N) is 2. The van der Waals surface area contributed by atoms with Gasteiger partial charge in [-0.3, -0.25) is 9.59 Å². The smallest absolute Gasteiger partial charge is 0.255 e. The first-order valence-corrected chi connectivity index (χ1v) is 8.76. The van der Waals surface area contributed by atoms with Crippen LogP contribution in [-0.2, 0) is 0 Å². The van der Waals surface area contributed by atoms with Crippen LogP contribution in [-0.4, -0.2) is 11.8 Å². The first kappa shape index (κ1) is 18.9. The second-order valence-corrected chi connectivity index (χ2v) is 6.50. The lowest BCUT2D eigenvalue weighted by atomic mass is 10.1. The topological polar surface area (TPSA) is 82.0 Å². The first-order chi connectivity index (χ1) is 13.5. The zero-order valence-electron chi connectivity index (χ0n) is 15.6. The van der Waals surface area contributed by atoms with E-state index in [0.717, 1.165) is 16.8 Å². The molecule has 0 saturated heterocycles. The number of benzene rings is 3. The predicted octanol–water partition coefficient (Wildman–Crippen LogP) is 4.68. The maximum absolute atomic E-state index is 12.6. The summed E-state index contributed by atoms with van der Waals surface area (Å²) in [6, 6.07) is 21.0. The molecule has 0 bridgehead atoms. The van der Waals surface area contributed by atoms with Gasteiger partial charge in [0, 0.05) is 22.5 Å². The molecule has 28 heavy (non-hydrogen) atoms. The van der Waals surface area contributed by atoms with Crippen LogP contribution in [0.1, 0.15) is 37.4 Å². The summed E-state index contributed by atoms with van der Waals surface area (Å²) in [5.74, 6) is -0.635. The van der Waals surface area contributed by atoms with Gasteiger partial charge >= 0.3 is 0 Å². The van der Waals surface area contributed by atoms with Crippen molar-refractivity contribution in [2.75, 3.05) is 10.6 Å². The Morgan fingerprint density at radius 3 is 2.18 bits per heavy atom. The molecule has 2 amide bonds. The molecule has 0 aliphatic rings. The second-order valence-electron chi connectivity index (χ2n) is 6.50. The number of anilines is 2. The molecular formula is C23H19N3O2. The van der Waals surface area contributed by atoms with Crippen LogP contribution < -0.4 is 10.6 Å². The third kappa shape index (κ3) is 4.43. The van der Waals surface area contributed by atoms with E-state index in [1.54, 1.807) is 48.5 Å². The van der Waals surface area contributed by atoms with E-state index in [-0.39, 0.29) is 11.8 Å². The zero-order chi connectivity index (χ0) is 20.1. The van der Waals surface area contributed by atoms with Crippen LogP contribution in [0.5, 0.6) is 0 Å². The van der Waals surface area contributed by atoms with Gasteiger partial charge < -0.3 is 10.6 Å². The quantitative estimate of drug-likeness (QED) is 0.700. The summed E-state index contributed by atoms with van der Waals surface area (Å²) in [5.41, 5.74) is 4.55. The van der Waals surface area contributed by atoms with Crippen LogP contribution >= 0.6 is 0 Å². The third-order valence-corrected chi connectivity index (χ3v) is 4.27. The fourth-order valence-electron chi connectivity index (χ4n) is 2.82. The van der Waals surface area contributed by atoms with Gasteiger partial charge in [0.05, 0.1) is 11.6 Å². The minimum atomic E-state index is -0.351. The molecule has 0 aliphatic heterocycles. The Labute approximate surface area is 163 Å². The van der Waals surface area contributed by atoms with E-state index in [1.807, 2.05) is 38.1 Å². The van der Waals surface area contributed by atoms with Gasteiger partial charge in [0.15, 0.2) is 0 Å². The molecule has 0 aromatic heterocycles. The molecule has 3 rings (SSSR count). The second kappa shape index (κ2) is 8.19. The maximum Gasteiger partial charge on any atom is 0.255 e. The molecule has 0 heterocycles. The highest BCUT2D eigenvalue weighted by Crippen LogP contribution is 2.18. The number of hydrogen-bond acceptors (Lipinski definition) is 3. The maximum atomic E-state index is 12.6. The standard InChI is InChI=1S/C23H19N3O2/c1-15-9-10-21(16(2)11-15)26-23(28)19-7-4-6-18(13-19)22(27)25-20-8-3-5-17(12-20)14-24/h3-13H,1-2H3,(H,25,27)(H,26,28). The average molecular weight is 369 g/mol. The van der Waals surface area contributed by atoms with Crippen molar-refractivity contribution in [3.63, 3.8) is 0 Å². The number of carbonyl (C=O) groups is 2. The summed E-state index contributed by atoms with van der Waals surface area (Å²) in [7, 11) is 0. The molecule has 3 aromatic rings. The molecular weight excluding hydrogens is 350 g/mol. The molecule has 0 aliphatic carbocycles. The monoisotopic (exact) mass is 369 g/mol. The highest BCUT2D eigenvalue weighted by molar-refractivity contribution is 6.09. The lowest BCUT2D eigenvalue weighted by molar-refractivity contribution is 0.102. The molecule has 5 heteroatoms. The minimum Gasteiger partial charge on any atom is -0.322 e. The van der Waals surface area contributed by atoms with Crippen molar-refractivity contribution in [3.8, 4) is 6.07 Å². The highest BCUT2D eigenvalue weighted by Gasteiger charge is 2.12. The van der Waals surface area contributed by atoms with Crippen molar-refractivity contribution < 1.29 is 9.59 Å². The molecule has 5 nitrogen and oxygen atoms in total. The van der Waals surface area contributed by atoms with Gasteiger partial charge in [0.1, 0.15) is 0 Å². The van der Waals surface area contributed by atoms with Gasteiger partial charge in [-0.1, -0.05) is 29.8 Å². The number of rotatable bonds is 4. The Hall–Kier alpha value is -3.91. The van der Waals surface area contributed by atoms with Crippen LogP contribution in [0.25, 0.3) is 0 Å². The molecule has 0 spiro atoms. The van der Waals surface area contributed by atoms with Crippen molar-refractivity contribution >= 4 is 23.2 Å². The summed E-state index contributed by atoms with van der Waals surface area (Å²) >= 11 is 0. The number of aryl methyl sites for hydroxylation is 2. The number of hydrogen-bond donors (Lipinski definition) is 2. The lowest BCUT2D eigenvalue weighted by Gasteiger charge is -2.10. The van der Waals surface area contributed by atoms with Crippen LogP contribution in [0, 0.1) is 25.2 Å². The minimum absolute atomic E-state index is 0.284. The summed E-state index contributed by atoms with van der Waals surface area (Å²) in [6.45, 7) is 3.93. The number of nitriles is 1. The van der Waals surface area contributed by atoms with Crippen LogP contribution in [0.4, 0.5) is 11.4 Å². The van der Waals surface area contributed by atoms with Crippen molar-refractivity contribution in [1.82, 2.24) is 0 Å². The van der Waals surface area contributed by atoms with Crippen LogP contribution in [0.15, 0.2) is 66.7 Å². The average Bonchev–Trinajstić information content (AvgIpc) is 2.70. The Balaban J connectivity index is 1.76. The van der Waals surface area contributed by atoms with E-state index >= 15 is 0 Å². The Morgan fingerprint density at radius 1 is 0.821 bits per heavy atom. The number of carbonyl (C=O) groups excluding carboxylic acids is 2. The predicted molar refractivity (Wildman–Crippen MR) is 109 cm³/mol. The normalized spacial score (nSPS) is 10.0. The molecule has 0 radical (unpaired) electrons. The molecule has 0 atom stereocenters. The fraction of sp³-hybridized carbons (Fsp3) is 0.0870. The molecule has 0 saturated carbocycles. The van der Waals surface area contributed by atoms with Crippen molar-refractivity contribution in [2.24, 2.45) is 0 Å². The highest BCUT2D eigenvalue weighted by atomic mass is 16.2. The van der Waals surface area contributed by atoms with Gasteiger partial charge in [-0.25, -0.2) is 0 Å². The Morgan fingerprint density at radius 2 is 1.50 bits per heavy atom. The zero-order valence-corrected chi connectivity index (χ0v) is 15.6. The van der Waals surface area contributed by atoms with Gasteiger partial charge in [0.2, 0.25) is 0 Å². The van der Waals surface area contributed by atoms with E-state index < -0.39 is 0 Å². The van der Waals surface area contributed by atoms with Gasteiger partial charge in [-0.15, -0.1) is 0 Å². The number of amides is 2. The Bertz CT molecular complexity index is 1100. The van der Waals surface area contributed by atoms with Crippen molar-refractivity contribution in [2.45, 2.75) is 13.8 Å². The fourth-order valence-corrected chi connectivity index (χ4v) is 2.82. The summed E-state index contributed by atoms with van der Waals surface area (Å²) in [4.78, 5) is 25.1. The van der Waals surface area contributed by atoms with E-state index in [0.29, 0.717) is 22.4 Å². The first-order valence-electron chi connectivity index (χ1n) is 8.76. The lowest BCUT2D eigenvalue weighted by Crippen LogP contribution is -2.16. The van der Waals surface area contributed by atoms with E-state index in [9.17, 15) is 9.59 Å². The largest absolute Gasteiger partial charge is 0.322 e. The third-order valence-electron chi connectivity index (χ3n) is 4.27. The molecule has 0 fully saturated rings. The van der Waals surface area contributed by atoms with Gasteiger partial charge in [-0.2, -0.15) is 5.26 Å². The molecule has 2 N–H and O–H groups in total. The Kier molecular flexibility index (Phi) is 5.52. The van der Waals surface area contributed by atoms with E-state index in [2.05, 4.69) is 10.6 Å². The number of nitrogens with zero attached hydrogens (tertiary/aromatic N) is 1. The van der Waals surface area contributed by atoms with Gasteiger partial charge in [0.25, 0.3) is 11.8 Å². The van der Waals surface area contributed by atoms with E-state index in [4.69, 9.17) is 5.26 Å². The SMILES string of the molecule is Cc1ccc(NC(=O)c2cccc(C(=O)Nc3cccc(C#N)c3)c2)c(C)c1. The van der Waals surface area contributed by atoms with Gasteiger partial charge in [-0.05, 0) is 61.9 Å². The molecule has 0 unspecified atom stereocenters. The van der Waals surface area contributed by atoms with E-state index in [1.165, 1.54) is 0 Å². The summed E-state index contributed by atoms with van der Waals surface area (Å²) in [5, 5.41) is 14.6. The summed E-state index contributed by atoms with van der Waals surface area (Å²) in [6.07, 6.45) is 0. The van der Waals surface area contributed by atoms with Crippen molar-refractivity contribution in [3.05, 3.63) is 94.5 Å². The molecule has 138 valence electrons. The van der Waals surface area contributed by atoms with Crippen molar-refractivity contribution in [1.29, 1.82) is 5.26 Å². The summed E-state index contributed by atoms with van der Waals surface area (Å²) < 4.78 is 0.